The number of nitrogens with zero attached hydrogens (tertiary/aromatic N) is 3. The Morgan fingerprint density at radius 1 is 1.03 bits per heavy atom. The van der Waals surface area contributed by atoms with E-state index in [2.05, 4.69) is 23.7 Å². The molecule has 0 fully saturated rings. The van der Waals surface area contributed by atoms with Crippen molar-refractivity contribution in [1.29, 1.82) is 0 Å². The quantitative estimate of drug-likeness (QED) is 0.483. The molecule has 0 amide bonds. The van der Waals surface area contributed by atoms with Gasteiger partial charge in [0, 0.05) is 25.0 Å². The minimum atomic E-state index is -0.285. The molecule has 3 aromatic rings. The smallest absolute Gasteiger partial charge is 0.254 e. The Labute approximate surface area is 176 Å². The van der Waals surface area contributed by atoms with Crippen molar-refractivity contribution in [3.8, 4) is 5.75 Å². The molecule has 6 heteroatoms. The van der Waals surface area contributed by atoms with Gasteiger partial charge in [0.05, 0.1) is 6.54 Å². The van der Waals surface area contributed by atoms with Gasteiger partial charge in [-0.2, -0.15) is 0 Å². The molecule has 2 aromatic heterocycles. The standard InChI is InChI=1S/C24H27N3O3/c1-3-26(4-2)16-20-10-11-22(25-15-20)23(28)17-27-13-12-21(14-24(27)29)30-18-19-8-6-5-7-9-19/h5-15H,3-4,16-18H2,1-2H3. The zero-order valence-corrected chi connectivity index (χ0v) is 17.5. The Morgan fingerprint density at radius 2 is 1.80 bits per heavy atom. The van der Waals surface area contributed by atoms with Crippen LogP contribution in [0.1, 0.15) is 35.5 Å². The number of ketones is 1. The van der Waals surface area contributed by atoms with E-state index in [0.717, 1.165) is 30.8 Å². The Bertz CT molecular complexity index is 1010. The van der Waals surface area contributed by atoms with Crippen molar-refractivity contribution in [2.24, 2.45) is 0 Å². The number of Topliss-reactive ketones (excluding diaryl/α,β-unsaturated/α-hetero) is 1. The van der Waals surface area contributed by atoms with E-state index in [4.69, 9.17) is 4.74 Å². The highest BCUT2D eigenvalue weighted by Gasteiger charge is 2.11. The normalized spacial score (nSPS) is 10.9. The summed E-state index contributed by atoms with van der Waals surface area (Å²) in [6.07, 6.45) is 3.31. The molecule has 3 rings (SSSR count). The van der Waals surface area contributed by atoms with Crippen LogP contribution in [0.5, 0.6) is 5.75 Å². The van der Waals surface area contributed by atoms with E-state index >= 15 is 0 Å². The molecule has 0 aliphatic carbocycles. The van der Waals surface area contributed by atoms with Crippen LogP contribution in [-0.2, 0) is 19.7 Å². The summed E-state index contributed by atoms with van der Waals surface area (Å²) in [5.74, 6) is 0.274. The van der Waals surface area contributed by atoms with Crippen LogP contribution in [0.3, 0.4) is 0 Å². The molecule has 0 spiro atoms. The molecule has 6 nitrogen and oxygen atoms in total. The number of hydrogen-bond acceptors (Lipinski definition) is 5. The number of carbonyl (C=O) groups is 1. The van der Waals surface area contributed by atoms with Crippen LogP contribution >= 0.6 is 0 Å². The van der Waals surface area contributed by atoms with Crippen molar-refractivity contribution >= 4 is 5.78 Å². The highest BCUT2D eigenvalue weighted by molar-refractivity contribution is 5.94. The lowest BCUT2D eigenvalue weighted by Gasteiger charge is -2.17. The monoisotopic (exact) mass is 405 g/mol. The second kappa shape index (κ2) is 10.5. The Hall–Kier alpha value is -3.25. The molecule has 0 saturated heterocycles. The Morgan fingerprint density at radius 3 is 2.43 bits per heavy atom. The lowest BCUT2D eigenvalue weighted by Crippen LogP contribution is -2.24. The number of hydrogen-bond donors (Lipinski definition) is 0. The van der Waals surface area contributed by atoms with Gasteiger partial charge in [-0.1, -0.05) is 50.2 Å². The van der Waals surface area contributed by atoms with Gasteiger partial charge in [-0.25, -0.2) is 0 Å². The summed E-state index contributed by atoms with van der Waals surface area (Å²) in [6, 6.07) is 16.5. The second-order valence-corrected chi connectivity index (χ2v) is 7.04. The van der Waals surface area contributed by atoms with Crippen molar-refractivity contribution in [3.63, 3.8) is 0 Å². The van der Waals surface area contributed by atoms with Crippen LogP contribution < -0.4 is 10.3 Å². The molecule has 30 heavy (non-hydrogen) atoms. The number of benzene rings is 1. The van der Waals surface area contributed by atoms with Gasteiger partial charge in [0.25, 0.3) is 5.56 Å². The van der Waals surface area contributed by atoms with Crippen LogP contribution in [-0.4, -0.2) is 33.3 Å². The molecule has 0 aliphatic rings. The van der Waals surface area contributed by atoms with Gasteiger partial charge in [-0.15, -0.1) is 0 Å². The highest BCUT2D eigenvalue weighted by Crippen LogP contribution is 2.10. The SMILES string of the molecule is CCN(CC)Cc1ccc(C(=O)Cn2ccc(OCc3ccccc3)cc2=O)nc1. The van der Waals surface area contributed by atoms with Gasteiger partial charge in [-0.05, 0) is 36.3 Å². The van der Waals surface area contributed by atoms with Crippen LogP contribution in [0.15, 0.2) is 71.8 Å². The van der Waals surface area contributed by atoms with Gasteiger partial charge in [0.2, 0.25) is 5.78 Å². The molecular weight excluding hydrogens is 378 g/mol. The summed E-state index contributed by atoms with van der Waals surface area (Å²) in [6.45, 7) is 7.29. The van der Waals surface area contributed by atoms with Crippen molar-refractivity contribution in [2.45, 2.75) is 33.5 Å². The molecular formula is C24H27N3O3. The third-order valence-corrected chi connectivity index (χ3v) is 4.94. The fourth-order valence-corrected chi connectivity index (χ4v) is 3.08. The molecule has 2 heterocycles. The summed E-state index contributed by atoms with van der Waals surface area (Å²) in [4.78, 5) is 31.5. The minimum Gasteiger partial charge on any atom is -0.489 e. The predicted molar refractivity (Wildman–Crippen MR) is 117 cm³/mol. The average Bonchev–Trinajstić information content (AvgIpc) is 2.78. The Balaban J connectivity index is 1.60. The molecule has 0 N–H and O–H groups in total. The fourth-order valence-electron chi connectivity index (χ4n) is 3.08. The molecule has 0 unspecified atom stereocenters. The molecule has 0 bridgehead atoms. The third kappa shape index (κ3) is 5.87. The summed E-state index contributed by atoms with van der Waals surface area (Å²) < 4.78 is 7.03. The van der Waals surface area contributed by atoms with Gasteiger partial charge >= 0.3 is 0 Å². The van der Waals surface area contributed by atoms with Crippen LogP contribution in [0.25, 0.3) is 0 Å². The van der Waals surface area contributed by atoms with Gasteiger partial charge in [0.1, 0.15) is 18.1 Å². The van der Waals surface area contributed by atoms with Crippen molar-refractivity contribution in [3.05, 3.63) is 94.2 Å². The molecule has 0 radical (unpaired) electrons. The second-order valence-electron chi connectivity index (χ2n) is 7.04. The molecule has 156 valence electrons. The Kier molecular flexibility index (Phi) is 7.51. The van der Waals surface area contributed by atoms with Crippen molar-refractivity contribution in [1.82, 2.24) is 14.5 Å². The zero-order chi connectivity index (χ0) is 21.3. The van der Waals surface area contributed by atoms with E-state index in [1.165, 1.54) is 10.6 Å². The third-order valence-electron chi connectivity index (χ3n) is 4.94. The van der Waals surface area contributed by atoms with Crippen LogP contribution in [0.2, 0.25) is 0 Å². The summed E-state index contributed by atoms with van der Waals surface area (Å²) in [5.41, 5.74) is 2.15. The van der Waals surface area contributed by atoms with E-state index in [1.807, 2.05) is 36.4 Å². The number of pyridine rings is 2. The predicted octanol–water partition coefficient (Wildman–Crippen LogP) is 3.55. The fraction of sp³-hybridized carbons (Fsp3) is 0.292. The maximum absolute atomic E-state index is 12.5. The number of rotatable bonds is 10. The summed E-state index contributed by atoms with van der Waals surface area (Å²) in [7, 11) is 0. The molecule has 0 atom stereocenters. The van der Waals surface area contributed by atoms with Gasteiger partial charge < -0.3 is 9.30 Å². The first-order chi connectivity index (χ1) is 14.6. The summed E-state index contributed by atoms with van der Waals surface area (Å²) in [5, 5.41) is 0. The molecule has 0 saturated carbocycles. The first-order valence-corrected chi connectivity index (χ1v) is 10.2. The number of aromatic nitrogens is 2. The van der Waals surface area contributed by atoms with E-state index in [9.17, 15) is 9.59 Å². The maximum atomic E-state index is 12.5. The molecule has 1 aromatic carbocycles. The largest absolute Gasteiger partial charge is 0.489 e. The van der Waals surface area contributed by atoms with Crippen molar-refractivity contribution in [2.75, 3.05) is 13.1 Å². The first kappa shape index (κ1) is 21.5. The van der Waals surface area contributed by atoms with E-state index < -0.39 is 0 Å². The van der Waals surface area contributed by atoms with Gasteiger partial charge in [-0.3, -0.25) is 19.5 Å². The lowest BCUT2D eigenvalue weighted by atomic mass is 10.2. The van der Waals surface area contributed by atoms with E-state index in [0.29, 0.717) is 18.1 Å². The maximum Gasteiger partial charge on any atom is 0.254 e. The van der Waals surface area contributed by atoms with E-state index in [1.54, 1.807) is 24.5 Å². The number of ether oxygens (including phenoxy) is 1. The summed E-state index contributed by atoms with van der Waals surface area (Å²) >= 11 is 0. The topological polar surface area (TPSA) is 64.4 Å². The minimum absolute atomic E-state index is 0.0554. The number of carbonyl (C=O) groups excluding carboxylic acids is 1. The lowest BCUT2D eigenvalue weighted by molar-refractivity contribution is 0.0965. The van der Waals surface area contributed by atoms with E-state index in [-0.39, 0.29) is 17.9 Å². The van der Waals surface area contributed by atoms with Gasteiger partial charge in [0.15, 0.2) is 0 Å². The van der Waals surface area contributed by atoms with Crippen LogP contribution in [0, 0.1) is 0 Å². The molecule has 0 aliphatic heterocycles. The van der Waals surface area contributed by atoms with Crippen LogP contribution in [0.4, 0.5) is 0 Å². The first-order valence-electron chi connectivity index (χ1n) is 10.2. The zero-order valence-electron chi connectivity index (χ0n) is 17.5. The highest BCUT2D eigenvalue weighted by atomic mass is 16.5. The van der Waals surface area contributed by atoms with Crippen molar-refractivity contribution < 1.29 is 9.53 Å². The average molecular weight is 405 g/mol.